The third kappa shape index (κ3) is 3.81. The summed E-state index contributed by atoms with van der Waals surface area (Å²) in [5, 5.41) is 2.98. The number of ether oxygens (including phenoxy) is 3. The highest BCUT2D eigenvalue weighted by molar-refractivity contribution is 7.88. The lowest BCUT2D eigenvalue weighted by molar-refractivity contribution is 0.0866. The zero-order chi connectivity index (χ0) is 25.3. The number of benzene rings is 2. The Labute approximate surface area is 197 Å². The van der Waals surface area contributed by atoms with Crippen molar-refractivity contribution in [3.8, 4) is 17.2 Å². The van der Waals surface area contributed by atoms with Crippen molar-refractivity contribution in [2.45, 2.75) is 29.9 Å². The fourth-order valence-corrected chi connectivity index (χ4v) is 6.56. The van der Waals surface area contributed by atoms with Gasteiger partial charge >= 0.3 is 0 Å². The predicted octanol–water partition coefficient (Wildman–Crippen LogP) is 3.14. The van der Waals surface area contributed by atoms with E-state index < -0.39 is 37.7 Å². The van der Waals surface area contributed by atoms with Gasteiger partial charge in [-0.05, 0) is 43.1 Å². The molecular formula is C23H27F2NO7S. The number of hydrogen-bond acceptors (Lipinski definition) is 7. The van der Waals surface area contributed by atoms with Gasteiger partial charge in [0.05, 0.1) is 21.3 Å². The molecule has 0 bridgehead atoms. The van der Waals surface area contributed by atoms with Crippen LogP contribution in [0.5, 0.6) is 17.2 Å². The Balaban J connectivity index is 2.38. The maximum Gasteiger partial charge on any atom is 0.279 e. The number of methoxy groups -OCH3 is 3. The molecule has 2 aromatic rings. The second kappa shape index (κ2) is 9.47. The van der Waals surface area contributed by atoms with Crippen LogP contribution in [-0.2, 0) is 15.5 Å². The summed E-state index contributed by atoms with van der Waals surface area (Å²) >= 11 is 0. The fraction of sp³-hybridized carbons (Fsp3) is 0.435. The minimum atomic E-state index is -5.16. The fourth-order valence-electron chi connectivity index (χ4n) is 5.07. The van der Waals surface area contributed by atoms with Crippen molar-refractivity contribution in [2.75, 3.05) is 34.4 Å². The zero-order valence-electron chi connectivity index (χ0n) is 19.3. The molecule has 2 aromatic carbocycles. The first kappa shape index (κ1) is 25.9. The SMILES string of the molecule is CCC(C(=O)c1cc(OC)c(OC)c(OC)c1)(C1(c2ccc(F)cc2F)CCNC1)S(=O)(=O)O. The van der Waals surface area contributed by atoms with Crippen LogP contribution in [0, 0.1) is 11.6 Å². The van der Waals surface area contributed by atoms with E-state index in [1.807, 2.05) is 0 Å². The van der Waals surface area contributed by atoms with E-state index in [9.17, 15) is 22.2 Å². The van der Waals surface area contributed by atoms with Gasteiger partial charge in [-0.1, -0.05) is 13.0 Å². The molecule has 2 N–H and O–H groups in total. The van der Waals surface area contributed by atoms with E-state index in [1.54, 1.807) is 0 Å². The third-order valence-corrected chi connectivity index (χ3v) is 8.35. The number of rotatable bonds is 9. The molecule has 0 amide bonds. The van der Waals surface area contributed by atoms with Crippen LogP contribution in [0.3, 0.4) is 0 Å². The van der Waals surface area contributed by atoms with Gasteiger partial charge in [0.25, 0.3) is 10.1 Å². The smallest absolute Gasteiger partial charge is 0.279 e. The summed E-state index contributed by atoms with van der Waals surface area (Å²) in [4.78, 5) is 14.1. The number of hydrogen-bond donors (Lipinski definition) is 2. The normalized spacial score (nSPS) is 20.0. The Kier molecular flexibility index (Phi) is 7.20. The second-order valence-corrected chi connectivity index (χ2v) is 9.68. The van der Waals surface area contributed by atoms with Gasteiger partial charge in [-0.25, -0.2) is 8.78 Å². The zero-order valence-corrected chi connectivity index (χ0v) is 20.1. The highest BCUT2D eigenvalue weighted by Crippen LogP contribution is 2.50. The van der Waals surface area contributed by atoms with Crippen LogP contribution in [0.25, 0.3) is 0 Å². The number of carbonyl (C=O) groups is 1. The predicted molar refractivity (Wildman–Crippen MR) is 121 cm³/mol. The molecule has 1 aliphatic rings. The van der Waals surface area contributed by atoms with E-state index in [1.165, 1.54) is 40.4 Å². The Hall–Kier alpha value is -2.76. The summed E-state index contributed by atoms with van der Waals surface area (Å²) in [7, 11) is -1.13. The molecule has 1 fully saturated rings. The molecular weight excluding hydrogens is 472 g/mol. The molecule has 8 nitrogen and oxygen atoms in total. The van der Waals surface area contributed by atoms with Gasteiger partial charge in [-0.15, -0.1) is 0 Å². The van der Waals surface area contributed by atoms with Crippen LogP contribution in [0.4, 0.5) is 8.78 Å². The number of Topliss-reactive ketones (excluding diaryl/α,β-unsaturated/α-hetero) is 1. The average molecular weight is 500 g/mol. The topological polar surface area (TPSA) is 111 Å². The van der Waals surface area contributed by atoms with E-state index in [-0.39, 0.29) is 54.3 Å². The highest BCUT2D eigenvalue weighted by Gasteiger charge is 2.65. The summed E-state index contributed by atoms with van der Waals surface area (Å²) in [6, 6.07) is 5.29. The lowest BCUT2D eigenvalue weighted by Crippen LogP contribution is -2.62. The molecule has 0 spiro atoms. The summed E-state index contributed by atoms with van der Waals surface area (Å²) in [6.45, 7) is 1.53. The quantitative estimate of drug-likeness (QED) is 0.400. The van der Waals surface area contributed by atoms with Crippen LogP contribution >= 0.6 is 0 Å². The van der Waals surface area contributed by atoms with Crippen molar-refractivity contribution in [1.29, 1.82) is 0 Å². The van der Waals surface area contributed by atoms with Crippen molar-refractivity contribution in [1.82, 2.24) is 5.32 Å². The molecule has 1 saturated heterocycles. The van der Waals surface area contributed by atoms with Crippen molar-refractivity contribution in [3.05, 3.63) is 53.1 Å². The molecule has 34 heavy (non-hydrogen) atoms. The molecule has 2 unspecified atom stereocenters. The molecule has 0 aromatic heterocycles. The maximum atomic E-state index is 15.1. The molecule has 1 heterocycles. The Morgan fingerprint density at radius 1 is 1.12 bits per heavy atom. The van der Waals surface area contributed by atoms with Gasteiger partial charge < -0.3 is 19.5 Å². The minimum absolute atomic E-state index is 0.000648. The van der Waals surface area contributed by atoms with Crippen LogP contribution in [0.15, 0.2) is 30.3 Å². The van der Waals surface area contributed by atoms with Gasteiger partial charge in [-0.3, -0.25) is 9.35 Å². The van der Waals surface area contributed by atoms with Gasteiger partial charge in [-0.2, -0.15) is 8.42 Å². The Morgan fingerprint density at radius 3 is 2.15 bits per heavy atom. The van der Waals surface area contributed by atoms with Gasteiger partial charge in [0.1, 0.15) is 11.6 Å². The summed E-state index contributed by atoms with van der Waals surface area (Å²) in [5.74, 6) is -2.48. The first-order valence-electron chi connectivity index (χ1n) is 10.5. The van der Waals surface area contributed by atoms with Crippen LogP contribution in [-0.4, -0.2) is 57.9 Å². The standard InChI is InChI=1S/C23H27F2NO7S/c1-5-23(34(28,29)30,21(27)14-10-18(31-2)20(33-4)19(11-14)32-3)22(8-9-26-13-22)16-7-6-15(24)12-17(16)25/h6-7,10-12,26H,5,8-9,13H2,1-4H3,(H,28,29,30). The van der Waals surface area contributed by atoms with Gasteiger partial charge in [0.2, 0.25) is 5.75 Å². The summed E-state index contributed by atoms with van der Waals surface area (Å²) in [5.41, 5.74) is -2.06. The average Bonchev–Trinajstić information content (AvgIpc) is 3.28. The number of nitrogens with one attached hydrogen (secondary N) is 1. The molecule has 1 aliphatic heterocycles. The van der Waals surface area contributed by atoms with Gasteiger partial charge in [0, 0.05) is 23.6 Å². The molecule has 0 saturated carbocycles. The largest absolute Gasteiger partial charge is 0.493 e. The second-order valence-electron chi connectivity index (χ2n) is 8.03. The maximum absolute atomic E-state index is 15.1. The lowest BCUT2D eigenvalue weighted by Gasteiger charge is -2.45. The molecule has 186 valence electrons. The van der Waals surface area contributed by atoms with Crippen molar-refractivity contribution >= 4 is 15.9 Å². The molecule has 11 heteroatoms. The Bertz CT molecular complexity index is 1170. The van der Waals surface area contributed by atoms with E-state index in [0.29, 0.717) is 6.07 Å². The van der Waals surface area contributed by atoms with Crippen LogP contribution < -0.4 is 19.5 Å². The van der Waals surface area contributed by atoms with E-state index in [2.05, 4.69) is 5.32 Å². The Morgan fingerprint density at radius 2 is 1.74 bits per heavy atom. The minimum Gasteiger partial charge on any atom is -0.493 e. The van der Waals surface area contributed by atoms with Gasteiger partial charge in [0.15, 0.2) is 22.0 Å². The van der Waals surface area contributed by atoms with Crippen molar-refractivity contribution in [2.24, 2.45) is 0 Å². The van der Waals surface area contributed by atoms with Crippen LogP contribution in [0.2, 0.25) is 0 Å². The lowest BCUT2D eigenvalue weighted by atomic mass is 9.65. The van der Waals surface area contributed by atoms with Crippen LogP contribution in [0.1, 0.15) is 35.7 Å². The molecule has 2 atom stereocenters. The van der Waals surface area contributed by atoms with E-state index in [0.717, 1.165) is 12.1 Å². The monoisotopic (exact) mass is 499 g/mol. The number of carbonyl (C=O) groups excluding carboxylic acids is 1. The molecule has 0 radical (unpaired) electrons. The highest BCUT2D eigenvalue weighted by atomic mass is 32.2. The molecule has 3 rings (SSSR count). The summed E-state index contributed by atoms with van der Waals surface area (Å²) in [6.07, 6.45) is -0.390. The van der Waals surface area contributed by atoms with E-state index in [4.69, 9.17) is 14.2 Å². The number of halogens is 2. The van der Waals surface area contributed by atoms with Crippen molar-refractivity contribution < 1.29 is 40.8 Å². The molecule has 0 aliphatic carbocycles. The van der Waals surface area contributed by atoms with E-state index >= 15 is 4.39 Å². The number of ketones is 1. The summed E-state index contributed by atoms with van der Waals surface area (Å²) < 4.78 is 78.9. The van der Waals surface area contributed by atoms with Crippen molar-refractivity contribution in [3.63, 3.8) is 0 Å². The third-order valence-electron chi connectivity index (χ3n) is 6.61. The first-order chi connectivity index (χ1) is 16.0. The first-order valence-corrected chi connectivity index (χ1v) is 11.9.